The second-order valence-corrected chi connectivity index (χ2v) is 12.5. The van der Waals surface area contributed by atoms with Gasteiger partial charge in [0.1, 0.15) is 18.0 Å². The first kappa shape index (κ1) is 30.8. The van der Waals surface area contributed by atoms with Gasteiger partial charge >= 0.3 is 5.97 Å². The predicted octanol–water partition coefficient (Wildman–Crippen LogP) is 5.86. The monoisotopic (exact) mass is 622 g/mol. The Balaban J connectivity index is 1.89. The highest BCUT2D eigenvalue weighted by molar-refractivity contribution is 7.92. The molecule has 218 valence electrons. The summed E-state index contributed by atoms with van der Waals surface area (Å²) in [5.74, 6) is -2.61. The van der Waals surface area contributed by atoms with Crippen molar-refractivity contribution in [2.45, 2.75) is 44.1 Å². The Hall–Kier alpha value is -3.18. The number of sulfonamides is 1. The highest BCUT2D eigenvalue weighted by Crippen LogP contribution is 2.45. The van der Waals surface area contributed by atoms with Gasteiger partial charge in [-0.2, -0.15) is 0 Å². The van der Waals surface area contributed by atoms with Gasteiger partial charge in [0, 0.05) is 10.0 Å². The molecular formula is C29H29Cl2FN2O6S. The minimum Gasteiger partial charge on any atom is -0.481 e. The molecule has 4 rings (SSSR count). The van der Waals surface area contributed by atoms with E-state index in [0.717, 1.165) is 16.6 Å². The maximum atomic E-state index is 14.9. The molecule has 1 amide bonds. The number of carboxylic acid groups (broad SMARTS) is 1. The molecule has 0 radical (unpaired) electrons. The van der Waals surface area contributed by atoms with Crippen molar-refractivity contribution in [3.8, 4) is 0 Å². The lowest BCUT2D eigenvalue weighted by molar-refractivity contribution is -0.183. The number of carbonyl (C=O) groups excluding carboxylic acids is 1. The third-order valence-corrected chi connectivity index (χ3v) is 8.57. The van der Waals surface area contributed by atoms with Crippen LogP contribution in [0.5, 0.6) is 0 Å². The van der Waals surface area contributed by atoms with E-state index in [1.165, 1.54) is 23.1 Å². The molecule has 8 nitrogen and oxygen atoms in total. The van der Waals surface area contributed by atoms with Crippen molar-refractivity contribution in [3.05, 3.63) is 99.8 Å². The van der Waals surface area contributed by atoms with Crippen molar-refractivity contribution in [3.63, 3.8) is 0 Å². The molecular weight excluding hydrogens is 594 g/mol. The van der Waals surface area contributed by atoms with Crippen LogP contribution in [0.4, 0.5) is 10.1 Å². The van der Waals surface area contributed by atoms with Crippen molar-refractivity contribution in [1.29, 1.82) is 0 Å². The molecule has 3 aromatic rings. The maximum Gasteiger partial charge on any atom is 0.306 e. The number of nitrogens with zero attached hydrogens (tertiary/aromatic N) is 2. The third-order valence-electron chi connectivity index (χ3n) is 6.94. The number of amides is 1. The molecule has 3 aromatic carbocycles. The second-order valence-electron chi connectivity index (χ2n) is 9.75. The molecule has 0 unspecified atom stereocenters. The molecule has 0 aromatic heterocycles. The zero-order valence-electron chi connectivity index (χ0n) is 22.3. The molecule has 0 bridgehead atoms. The Morgan fingerprint density at radius 1 is 1.05 bits per heavy atom. The third kappa shape index (κ3) is 7.01. The molecule has 12 heteroatoms. The average molecular weight is 624 g/mol. The quantitative estimate of drug-likeness (QED) is 0.304. The standard InChI is InChI=1S/C29H29Cl2FN2O6S/c1-3-22(17-33(41(2,38)39)24-10-5-4-9-23(24)32)34-27(18-11-13-20(30)14-12-18)28(19-7-6-8-21(31)15-19)40-25(29(34)37)16-26(35)36/h4-15,22,25,27-28H,3,16-17H2,1-2H3,(H,35,36)/t22-,25+,27-,28-/m1/s1. The van der Waals surface area contributed by atoms with E-state index in [2.05, 4.69) is 0 Å². The van der Waals surface area contributed by atoms with Gasteiger partial charge in [-0.3, -0.25) is 13.9 Å². The number of hydrogen-bond acceptors (Lipinski definition) is 5. The van der Waals surface area contributed by atoms with Crippen LogP contribution in [0.15, 0.2) is 72.8 Å². The van der Waals surface area contributed by atoms with Crippen molar-refractivity contribution in [2.24, 2.45) is 0 Å². The van der Waals surface area contributed by atoms with Crippen LogP contribution >= 0.6 is 23.2 Å². The molecule has 0 spiro atoms. The van der Waals surface area contributed by atoms with Crippen molar-refractivity contribution >= 4 is 50.8 Å². The van der Waals surface area contributed by atoms with E-state index in [9.17, 15) is 27.5 Å². The SMILES string of the molecule is CC[C@H](CN(c1ccccc1F)S(C)(=O)=O)N1C(=O)[C@H](CC(=O)O)O[C@H](c2cccc(Cl)c2)[C@H]1c1ccc(Cl)cc1. The molecule has 1 aliphatic rings. The number of morpholine rings is 1. The van der Waals surface area contributed by atoms with E-state index in [0.29, 0.717) is 21.2 Å². The van der Waals surface area contributed by atoms with Gasteiger partial charge in [0.15, 0.2) is 0 Å². The zero-order valence-corrected chi connectivity index (χ0v) is 24.6. The van der Waals surface area contributed by atoms with Crippen molar-refractivity contribution in [2.75, 3.05) is 17.1 Å². The highest BCUT2D eigenvalue weighted by Gasteiger charge is 2.47. The Kier molecular flexibility index (Phi) is 9.59. The average Bonchev–Trinajstić information content (AvgIpc) is 2.91. The van der Waals surface area contributed by atoms with Crippen LogP contribution in [0, 0.1) is 5.82 Å². The van der Waals surface area contributed by atoms with Gasteiger partial charge in [-0.15, -0.1) is 0 Å². The second kappa shape index (κ2) is 12.8. The zero-order chi connectivity index (χ0) is 29.9. The number of halogens is 3. The number of carbonyl (C=O) groups is 2. The molecule has 4 atom stereocenters. The number of para-hydroxylation sites is 1. The van der Waals surface area contributed by atoms with Gasteiger partial charge in [0.25, 0.3) is 5.91 Å². The van der Waals surface area contributed by atoms with E-state index in [-0.39, 0.29) is 18.7 Å². The predicted molar refractivity (Wildman–Crippen MR) is 155 cm³/mol. The number of carboxylic acids is 1. The summed E-state index contributed by atoms with van der Waals surface area (Å²) in [4.78, 5) is 27.3. The van der Waals surface area contributed by atoms with Crippen molar-refractivity contribution in [1.82, 2.24) is 4.90 Å². The molecule has 1 heterocycles. The van der Waals surface area contributed by atoms with Crippen LogP contribution < -0.4 is 4.31 Å². The summed E-state index contributed by atoms with van der Waals surface area (Å²) < 4.78 is 47.9. The Morgan fingerprint density at radius 2 is 1.73 bits per heavy atom. The summed E-state index contributed by atoms with van der Waals surface area (Å²) in [5.41, 5.74) is 1.05. The number of anilines is 1. The van der Waals surface area contributed by atoms with Crippen LogP contribution in [0.2, 0.25) is 10.0 Å². The van der Waals surface area contributed by atoms with Crippen LogP contribution in [0.3, 0.4) is 0 Å². The molecule has 0 saturated carbocycles. The van der Waals surface area contributed by atoms with Crippen LogP contribution in [0.1, 0.15) is 43.0 Å². The van der Waals surface area contributed by atoms with E-state index in [4.69, 9.17) is 27.9 Å². The van der Waals surface area contributed by atoms with E-state index in [1.54, 1.807) is 55.5 Å². The van der Waals surface area contributed by atoms with E-state index < -0.39 is 58.4 Å². The largest absolute Gasteiger partial charge is 0.481 e. The van der Waals surface area contributed by atoms with Gasteiger partial charge in [0.05, 0.1) is 37.0 Å². The number of benzene rings is 3. The van der Waals surface area contributed by atoms with Gasteiger partial charge in [0.2, 0.25) is 10.0 Å². The Bertz CT molecular complexity index is 1520. The number of hydrogen-bond donors (Lipinski definition) is 1. The molecule has 0 aliphatic carbocycles. The first-order valence-electron chi connectivity index (χ1n) is 12.8. The van der Waals surface area contributed by atoms with Crippen molar-refractivity contribution < 1.29 is 32.2 Å². The molecule has 1 fully saturated rings. The van der Waals surface area contributed by atoms with Gasteiger partial charge in [-0.05, 0) is 53.9 Å². The first-order valence-corrected chi connectivity index (χ1v) is 15.4. The molecule has 41 heavy (non-hydrogen) atoms. The topological polar surface area (TPSA) is 104 Å². The molecule has 1 saturated heterocycles. The summed E-state index contributed by atoms with van der Waals surface area (Å²) in [6.07, 6.45) is -1.62. The smallest absolute Gasteiger partial charge is 0.306 e. The number of rotatable bonds is 10. The Morgan fingerprint density at radius 3 is 2.32 bits per heavy atom. The lowest BCUT2D eigenvalue weighted by Gasteiger charge is -2.48. The van der Waals surface area contributed by atoms with E-state index in [1.807, 2.05) is 0 Å². The first-order chi connectivity index (χ1) is 19.4. The summed E-state index contributed by atoms with van der Waals surface area (Å²) >= 11 is 12.5. The number of ether oxygens (including phenoxy) is 1. The fourth-order valence-corrected chi connectivity index (χ4v) is 6.34. The van der Waals surface area contributed by atoms with Gasteiger partial charge in [-0.1, -0.05) is 66.5 Å². The van der Waals surface area contributed by atoms with Crippen LogP contribution in [-0.2, 0) is 24.3 Å². The van der Waals surface area contributed by atoms with E-state index >= 15 is 0 Å². The molecule has 1 N–H and O–H groups in total. The lowest BCUT2D eigenvalue weighted by atomic mass is 9.89. The fourth-order valence-electron chi connectivity index (χ4n) is 5.07. The normalized spacial score (nSPS) is 20.1. The Labute approximate surface area is 248 Å². The number of aliphatic carboxylic acids is 1. The van der Waals surface area contributed by atoms with Gasteiger partial charge < -0.3 is 14.7 Å². The van der Waals surface area contributed by atoms with Crippen LogP contribution in [0.25, 0.3) is 0 Å². The highest BCUT2D eigenvalue weighted by atomic mass is 35.5. The summed E-state index contributed by atoms with van der Waals surface area (Å²) in [6.45, 7) is 1.49. The lowest BCUT2D eigenvalue weighted by Crippen LogP contribution is -2.58. The van der Waals surface area contributed by atoms with Crippen LogP contribution in [-0.4, -0.2) is 55.2 Å². The molecule has 1 aliphatic heterocycles. The minimum atomic E-state index is -4.00. The summed E-state index contributed by atoms with van der Waals surface area (Å²) in [7, 11) is -4.00. The summed E-state index contributed by atoms with van der Waals surface area (Å²) in [6, 6.07) is 17.4. The summed E-state index contributed by atoms with van der Waals surface area (Å²) in [5, 5.41) is 10.5. The van der Waals surface area contributed by atoms with Gasteiger partial charge in [-0.25, -0.2) is 12.8 Å². The maximum absolute atomic E-state index is 14.9. The minimum absolute atomic E-state index is 0.161. The fraction of sp³-hybridized carbons (Fsp3) is 0.310.